The number of hydrogen-bond donors (Lipinski definition) is 1. The Bertz CT molecular complexity index is 784. The molecule has 21 heavy (non-hydrogen) atoms. The molecule has 110 valence electrons. The fourth-order valence-corrected chi connectivity index (χ4v) is 6.59. The first-order valence-electron chi connectivity index (χ1n) is 7.44. The largest absolute Gasteiger partial charge is 0.385 e. The van der Waals surface area contributed by atoms with E-state index in [1.807, 2.05) is 42.5 Å². The average Bonchev–Trinajstić information content (AvgIpc) is 2.66. The van der Waals surface area contributed by atoms with E-state index in [1.165, 1.54) is 0 Å². The van der Waals surface area contributed by atoms with Crippen molar-refractivity contribution in [1.82, 2.24) is 0 Å². The highest BCUT2D eigenvalue weighted by Crippen LogP contribution is 2.48. The Balaban J connectivity index is 1.86. The van der Waals surface area contributed by atoms with Crippen molar-refractivity contribution in [2.75, 3.05) is 0 Å². The van der Waals surface area contributed by atoms with Gasteiger partial charge in [0.05, 0.1) is 16.1 Å². The minimum Gasteiger partial charge on any atom is -0.385 e. The van der Waals surface area contributed by atoms with E-state index < -0.39 is 15.4 Å². The fourth-order valence-electron chi connectivity index (χ4n) is 4.10. The molecular weight excluding hydrogens is 284 g/mol. The van der Waals surface area contributed by atoms with Gasteiger partial charge in [-0.2, -0.15) is 0 Å². The molecule has 2 fully saturated rings. The van der Waals surface area contributed by atoms with Gasteiger partial charge in [0.25, 0.3) is 0 Å². The molecule has 2 saturated heterocycles. The van der Waals surface area contributed by atoms with E-state index in [4.69, 9.17) is 0 Å². The second-order valence-corrected chi connectivity index (χ2v) is 8.89. The SMILES string of the molecule is O=S1(=O)C2CCC1CC(O)(c1cccc3ccccc13)C2. The quantitative estimate of drug-likeness (QED) is 0.881. The van der Waals surface area contributed by atoms with Crippen molar-refractivity contribution in [2.24, 2.45) is 0 Å². The van der Waals surface area contributed by atoms with E-state index in [-0.39, 0.29) is 10.5 Å². The molecule has 1 N–H and O–H groups in total. The van der Waals surface area contributed by atoms with E-state index in [0.29, 0.717) is 25.7 Å². The lowest BCUT2D eigenvalue weighted by atomic mass is 9.83. The van der Waals surface area contributed by atoms with Gasteiger partial charge in [-0.15, -0.1) is 0 Å². The maximum atomic E-state index is 12.2. The molecular formula is C17H18O3S. The topological polar surface area (TPSA) is 54.4 Å². The summed E-state index contributed by atoms with van der Waals surface area (Å²) in [4.78, 5) is 0. The van der Waals surface area contributed by atoms with Gasteiger partial charge in [-0.3, -0.25) is 0 Å². The molecule has 0 saturated carbocycles. The van der Waals surface area contributed by atoms with Crippen molar-refractivity contribution in [3.63, 3.8) is 0 Å². The highest BCUT2D eigenvalue weighted by molar-refractivity contribution is 7.93. The summed E-state index contributed by atoms with van der Waals surface area (Å²) in [5, 5.41) is 12.6. The number of sulfone groups is 1. The van der Waals surface area contributed by atoms with Crippen molar-refractivity contribution in [3.05, 3.63) is 48.0 Å². The van der Waals surface area contributed by atoms with E-state index in [1.54, 1.807) is 0 Å². The zero-order valence-electron chi connectivity index (χ0n) is 11.7. The first kappa shape index (κ1) is 13.3. The molecule has 2 heterocycles. The molecule has 4 heteroatoms. The van der Waals surface area contributed by atoms with Gasteiger partial charge in [-0.05, 0) is 42.0 Å². The molecule has 3 nitrogen and oxygen atoms in total. The lowest BCUT2D eigenvalue weighted by Gasteiger charge is -2.37. The van der Waals surface area contributed by atoms with Crippen molar-refractivity contribution in [3.8, 4) is 0 Å². The Morgan fingerprint density at radius 2 is 1.57 bits per heavy atom. The minimum atomic E-state index is -3.02. The average molecular weight is 302 g/mol. The molecule has 2 unspecified atom stereocenters. The molecule has 0 amide bonds. The zero-order valence-corrected chi connectivity index (χ0v) is 12.5. The third-order valence-electron chi connectivity index (χ3n) is 5.16. The Morgan fingerprint density at radius 3 is 2.29 bits per heavy atom. The summed E-state index contributed by atoms with van der Waals surface area (Å²) < 4.78 is 24.5. The van der Waals surface area contributed by atoms with Crippen LogP contribution in [0.1, 0.15) is 31.2 Å². The first-order valence-corrected chi connectivity index (χ1v) is 9.05. The van der Waals surface area contributed by atoms with E-state index in [2.05, 4.69) is 0 Å². The highest BCUT2D eigenvalue weighted by atomic mass is 32.2. The van der Waals surface area contributed by atoms with Crippen molar-refractivity contribution in [1.29, 1.82) is 0 Å². The smallest absolute Gasteiger partial charge is 0.156 e. The summed E-state index contributed by atoms with van der Waals surface area (Å²) in [5.74, 6) is 0. The molecule has 0 aromatic heterocycles. The van der Waals surface area contributed by atoms with E-state index in [0.717, 1.165) is 16.3 Å². The molecule has 2 aliphatic heterocycles. The molecule has 4 rings (SSSR count). The van der Waals surface area contributed by atoms with Crippen molar-refractivity contribution < 1.29 is 13.5 Å². The Kier molecular flexibility index (Phi) is 2.72. The third kappa shape index (κ3) is 1.86. The Morgan fingerprint density at radius 1 is 0.952 bits per heavy atom. The molecule has 0 spiro atoms. The van der Waals surface area contributed by atoms with Crippen LogP contribution in [0.15, 0.2) is 42.5 Å². The molecule has 2 aliphatic rings. The molecule has 2 aromatic rings. The summed E-state index contributed by atoms with van der Waals surface area (Å²) in [6.07, 6.45) is 2.06. The Labute approximate surface area is 124 Å². The second-order valence-electron chi connectivity index (χ2n) is 6.38. The minimum absolute atomic E-state index is 0.333. The predicted molar refractivity (Wildman–Crippen MR) is 82.8 cm³/mol. The normalized spacial score (nSPS) is 34.1. The summed E-state index contributed by atoms with van der Waals surface area (Å²) in [5.41, 5.74) is -0.134. The molecule has 0 aliphatic carbocycles. The van der Waals surface area contributed by atoms with Gasteiger partial charge in [0.15, 0.2) is 9.84 Å². The number of rotatable bonds is 1. The van der Waals surface area contributed by atoms with Crippen LogP contribution in [-0.4, -0.2) is 24.0 Å². The first-order chi connectivity index (χ1) is 10.0. The van der Waals surface area contributed by atoms with E-state index in [9.17, 15) is 13.5 Å². The van der Waals surface area contributed by atoms with Crippen LogP contribution in [0, 0.1) is 0 Å². The standard InChI is InChI=1S/C17H18O3S/c18-17(10-13-8-9-14(11-17)21(13,19)20)16-7-3-5-12-4-1-2-6-15(12)16/h1-7,13-14,18H,8-11H2. The van der Waals surface area contributed by atoms with Crippen LogP contribution in [0.5, 0.6) is 0 Å². The van der Waals surface area contributed by atoms with Gasteiger partial charge in [-0.25, -0.2) is 8.42 Å². The monoisotopic (exact) mass is 302 g/mol. The molecule has 2 atom stereocenters. The maximum absolute atomic E-state index is 12.2. The van der Waals surface area contributed by atoms with Gasteiger partial charge < -0.3 is 5.11 Å². The van der Waals surface area contributed by atoms with Gasteiger partial charge in [0.2, 0.25) is 0 Å². The van der Waals surface area contributed by atoms with E-state index >= 15 is 0 Å². The van der Waals surface area contributed by atoms with Gasteiger partial charge in [0.1, 0.15) is 0 Å². The van der Waals surface area contributed by atoms with Crippen LogP contribution in [0.2, 0.25) is 0 Å². The summed E-state index contributed by atoms with van der Waals surface area (Å²) in [6.45, 7) is 0. The Hall–Kier alpha value is -1.39. The number of aliphatic hydroxyl groups is 1. The summed E-state index contributed by atoms with van der Waals surface area (Å²) >= 11 is 0. The third-order valence-corrected chi connectivity index (χ3v) is 7.82. The van der Waals surface area contributed by atoms with Gasteiger partial charge in [-0.1, -0.05) is 42.5 Å². The van der Waals surface area contributed by atoms with Crippen molar-refractivity contribution in [2.45, 2.75) is 41.8 Å². The number of hydrogen-bond acceptors (Lipinski definition) is 3. The lowest BCUT2D eigenvalue weighted by Crippen LogP contribution is -2.43. The highest BCUT2D eigenvalue weighted by Gasteiger charge is 2.53. The zero-order chi connectivity index (χ0) is 14.7. The van der Waals surface area contributed by atoms with Crippen LogP contribution in [-0.2, 0) is 15.4 Å². The predicted octanol–water partition coefficient (Wildman–Crippen LogP) is 2.77. The van der Waals surface area contributed by atoms with Crippen LogP contribution >= 0.6 is 0 Å². The van der Waals surface area contributed by atoms with Gasteiger partial charge >= 0.3 is 0 Å². The van der Waals surface area contributed by atoms with Crippen LogP contribution in [0.3, 0.4) is 0 Å². The second kappa shape index (κ2) is 4.31. The summed E-state index contributed by atoms with van der Waals surface area (Å²) in [7, 11) is -3.02. The van der Waals surface area contributed by atoms with Crippen LogP contribution < -0.4 is 0 Å². The van der Waals surface area contributed by atoms with Crippen LogP contribution in [0.25, 0.3) is 10.8 Å². The number of benzene rings is 2. The maximum Gasteiger partial charge on any atom is 0.156 e. The molecule has 2 bridgehead atoms. The lowest BCUT2D eigenvalue weighted by molar-refractivity contribution is 0.0188. The summed E-state index contributed by atoms with van der Waals surface area (Å²) in [6, 6.07) is 13.9. The van der Waals surface area contributed by atoms with Crippen molar-refractivity contribution >= 4 is 20.6 Å². The molecule has 2 aromatic carbocycles. The van der Waals surface area contributed by atoms with Crippen LogP contribution in [0.4, 0.5) is 0 Å². The van der Waals surface area contributed by atoms with Gasteiger partial charge in [0, 0.05) is 0 Å². The fraction of sp³-hybridized carbons (Fsp3) is 0.412. The molecule has 0 radical (unpaired) electrons. The number of fused-ring (bicyclic) bond motifs is 3.